The van der Waals surface area contributed by atoms with Gasteiger partial charge in [0.05, 0.1) is 6.04 Å². The summed E-state index contributed by atoms with van der Waals surface area (Å²) in [6.07, 6.45) is -0.444. The van der Waals surface area contributed by atoms with Gasteiger partial charge in [-0.05, 0) is 47.9 Å². The molecule has 0 fully saturated rings. The van der Waals surface area contributed by atoms with Gasteiger partial charge in [-0.15, -0.1) is 0 Å². The Morgan fingerprint density at radius 1 is 0.966 bits per heavy atom. The van der Waals surface area contributed by atoms with Gasteiger partial charge < -0.3 is 4.74 Å². The van der Waals surface area contributed by atoms with Crippen LogP contribution in [0.1, 0.15) is 29.7 Å². The van der Waals surface area contributed by atoms with Gasteiger partial charge in [-0.1, -0.05) is 77.3 Å². The molecule has 29 heavy (non-hydrogen) atoms. The fourth-order valence-electron chi connectivity index (χ4n) is 2.89. The number of aromatic nitrogens is 1. The van der Waals surface area contributed by atoms with Gasteiger partial charge in [0.15, 0.2) is 0 Å². The lowest BCUT2D eigenvalue weighted by atomic mass is 10.1. The molecule has 3 aromatic rings. The van der Waals surface area contributed by atoms with E-state index in [-0.39, 0.29) is 29.5 Å². The van der Waals surface area contributed by atoms with Gasteiger partial charge in [-0.3, -0.25) is 4.90 Å². The Bertz CT molecular complexity index is 945. The van der Waals surface area contributed by atoms with Crippen LogP contribution in [-0.2, 0) is 17.9 Å². The molecule has 0 bridgehead atoms. The van der Waals surface area contributed by atoms with E-state index in [1.807, 2.05) is 49.4 Å². The highest BCUT2D eigenvalue weighted by Gasteiger charge is 2.24. The predicted octanol–water partition coefficient (Wildman–Crippen LogP) is 6.94. The van der Waals surface area contributed by atoms with Crippen molar-refractivity contribution in [3.63, 3.8) is 0 Å². The van der Waals surface area contributed by atoms with Crippen LogP contribution < -0.4 is 0 Å². The minimum Gasteiger partial charge on any atom is -0.445 e. The smallest absolute Gasteiger partial charge is 0.410 e. The fraction of sp³-hybridized carbons (Fsp3) is 0.182. The molecule has 3 rings (SSSR count). The molecular formula is C22H19Cl3N2O2. The maximum Gasteiger partial charge on any atom is 0.410 e. The molecule has 0 radical (unpaired) electrons. The predicted molar refractivity (Wildman–Crippen MR) is 116 cm³/mol. The molecule has 150 valence electrons. The standard InChI is InChI=1S/C22H19Cl3N2O2/c1-15(18-7-9-19(23)10-8-18)27(13-17-11-20(24)26-21(25)12-17)22(28)29-14-16-5-3-2-4-6-16/h2-12,15H,13-14H2,1H3. The molecule has 1 heterocycles. The van der Waals surface area contributed by atoms with Gasteiger partial charge in [-0.2, -0.15) is 0 Å². The van der Waals surface area contributed by atoms with Gasteiger partial charge in [0.25, 0.3) is 0 Å². The molecule has 1 unspecified atom stereocenters. The summed E-state index contributed by atoms with van der Waals surface area (Å²) in [5.41, 5.74) is 2.60. The van der Waals surface area contributed by atoms with Crippen molar-refractivity contribution in [2.24, 2.45) is 0 Å². The number of hydrogen-bond acceptors (Lipinski definition) is 3. The fourth-order valence-corrected chi connectivity index (χ4v) is 3.52. The molecule has 1 atom stereocenters. The highest BCUT2D eigenvalue weighted by Crippen LogP contribution is 2.26. The quantitative estimate of drug-likeness (QED) is 0.383. The van der Waals surface area contributed by atoms with E-state index in [9.17, 15) is 4.79 Å². The van der Waals surface area contributed by atoms with E-state index in [1.54, 1.807) is 29.2 Å². The molecule has 0 aliphatic heterocycles. The number of nitrogens with zero attached hydrogens (tertiary/aromatic N) is 2. The maximum absolute atomic E-state index is 13.0. The van der Waals surface area contributed by atoms with Gasteiger partial charge >= 0.3 is 6.09 Å². The zero-order valence-electron chi connectivity index (χ0n) is 15.7. The monoisotopic (exact) mass is 448 g/mol. The molecular weight excluding hydrogens is 431 g/mol. The molecule has 0 aliphatic rings. The van der Waals surface area contributed by atoms with Gasteiger partial charge in [-0.25, -0.2) is 9.78 Å². The molecule has 1 amide bonds. The number of rotatable bonds is 6. The molecule has 0 saturated carbocycles. The van der Waals surface area contributed by atoms with Gasteiger partial charge in [0.1, 0.15) is 16.9 Å². The first kappa shape index (κ1) is 21.4. The topological polar surface area (TPSA) is 42.4 Å². The number of amides is 1. The second-order valence-electron chi connectivity index (χ2n) is 6.52. The number of halogens is 3. The molecule has 4 nitrogen and oxygen atoms in total. The molecule has 0 N–H and O–H groups in total. The maximum atomic E-state index is 13.0. The highest BCUT2D eigenvalue weighted by atomic mass is 35.5. The zero-order chi connectivity index (χ0) is 20.8. The van der Waals surface area contributed by atoms with E-state index in [1.165, 1.54) is 0 Å². The third-order valence-corrected chi connectivity index (χ3v) is 5.07. The zero-order valence-corrected chi connectivity index (χ0v) is 18.0. The largest absolute Gasteiger partial charge is 0.445 e. The Balaban J connectivity index is 1.83. The van der Waals surface area contributed by atoms with Crippen LogP contribution in [0.5, 0.6) is 0 Å². The summed E-state index contributed by atoms with van der Waals surface area (Å²) in [5.74, 6) is 0. The first-order valence-electron chi connectivity index (χ1n) is 8.97. The van der Waals surface area contributed by atoms with Crippen molar-refractivity contribution in [2.45, 2.75) is 26.1 Å². The number of ether oxygens (including phenoxy) is 1. The third-order valence-electron chi connectivity index (χ3n) is 4.44. The first-order valence-corrected chi connectivity index (χ1v) is 10.1. The van der Waals surface area contributed by atoms with Crippen LogP contribution in [0.3, 0.4) is 0 Å². The molecule has 0 spiro atoms. The summed E-state index contributed by atoms with van der Waals surface area (Å²) < 4.78 is 5.57. The van der Waals surface area contributed by atoms with Crippen LogP contribution in [-0.4, -0.2) is 16.0 Å². The molecule has 7 heteroatoms. The normalized spacial score (nSPS) is 11.7. The minimum absolute atomic E-state index is 0.182. The van der Waals surface area contributed by atoms with E-state index in [0.717, 1.165) is 16.7 Å². The van der Waals surface area contributed by atoms with Crippen molar-refractivity contribution in [3.05, 3.63) is 98.7 Å². The van der Waals surface area contributed by atoms with E-state index in [4.69, 9.17) is 39.5 Å². The Hall–Kier alpha value is -2.27. The number of carbonyl (C=O) groups is 1. The van der Waals surface area contributed by atoms with Crippen molar-refractivity contribution in [1.82, 2.24) is 9.88 Å². The summed E-state index contributed by atoms with van der Waals surface area (Å²) in [5, 5.41) is 1.17. The minimum atomic E-state index is -0.444. The van der Waals surface area contributed by atoms with Crippen molar-refractivity contribution in [2.75, 3.05) is 0 Å². The molecule has 0 aliphatic carbocycles. The lowest BCUT2D eigenvalue weighted by molar-refractivity contribution is 0.0798. The van der Waals surface area contributed by atoms with E-state index >= 15 is 0 Å². The second kappa shape index (κ2) is 9.97. The molecule has 0 saturated heterocycles. The summed E-state index contributed by atoms with van der Waals surface area (Å²) in [6.45, 7) is 2.37. The van der Waals surface area contributed by atoms with E-state index < -0.39 is 6.09 Å². The van der Waals surface area contributed by atoms with Crippen molar-refractivity contribution in [1.29, 1.82) is 0 Å². The Morgan fingerprint density at radius 3 is 2.21 bits per heavy atom. The molecule has 2 aromatic carbocycles. The van der Waals surface area contributed by atoms with Crippen LogP contribution >= 0.6 is 34.8 Å². The third kappa shape index (κ3) is 6.10. The molecule has 1 aromatic heterocycles. The number of hydrogen-bond donors (Lipinski definition) is 0. The van der Waals surface area contributed by atoms with Crippen molar-refractivity contribution < 1.29 is 9.53 Å². The average Bonchev–Trinajstić information content (AvgIpc) is 2.70. The van der Waals surface area contributed by atoms with Crippen LogP contribution in [0.15, 0.2) is 66.7 Å². The second-order valence-corrected chi connectivity index (χ2v) is 7.73. The summed E-state index contributed by atoms with van der Waals surface area (Å²) >= 11 is 18.0. The summed E-state index contributed by atoms with van der Waals surface area (Å²) in [7, 11) is 0. The number of pyridine rings is 1. The lowest BCUT2D eigenvalue weighted by Crippen LogP contribution is -2.33. The van der Waals surface area contributed by atoms with Gasteiger partial charge in [0, 0.05) is 11.6 Å². The summed E-state index contributed by atoms with van der Waals surface area (Å²) in [6, 6.07) is 20.0. The number of benzene rings is 2. The lowest BCUT2D eigenvalue weighted by Gasteiger charge is -2.29. The van der Waals surface area contributed by atoms with Crippen molar-refractivity contribution in [3.8, 4) is 0 Å². The van der Waals surface area contributed by atoms with Crippen LogP contribution in [0, 0.1) is 0 Å². The Labute approximate surface area is 185 Å². The van der Waals surface area contributed by atoms with Crippen molar-refractivity contribution >= 4 is 40.9 Å². The Morgan fingerprint density at radius 2 is 1.59 bits per heavy atom. The summed E-state index contributed by atoms with van der Waals surface area (Å²) in [4.78, 5) is 18.5. The van der Waals surface area contributed by atoms with E-state index in [0.29, 0.717) is 5.02 Å². The number of carbonyl (C=O) groups excluding carboxylic acids is 1. The Kier molecular flexibility index (Phi) is 7.37. The average molecular weight is 450 g/mol. The first-order chi connectivity index (χ1) is 13.9. The SMILES string of the molecule is CC(c1ccc(Cl)cc1)N(Cc1cc(Cl)nc(Cl)c1)C(=O)OCc1ccccc1. The van der Waals surface area contributed by atoms with Crippen LogP contribution in [0.2, 0.25) is 15.3 Å². The van der Waals surface area contributed by atoms with Crippen LogP contribution in [0.25, 0.3) is 0 Å². The van der Waals surface area contributed by atoms with E-state index in [2.05, 4.69) is 4.98 Å². The highest BCUT2D eigenvalue weighted by molar-refractivity contribution is 6.32. The van der Waals surface area contributed by atoms with Crippen LogP contribution in [0.4, 0.5) is 4.79 Å². The van der Waals surface area contributed by atoms with Gasteiger partial charge in [0.2, 0.25) is 0 Å².